The van der Waals surface area contributed by atoms with E-state index in [1.165, 1.54) is 6.07 Å². The largest absolute Gasteiger partial charge is 0.487 e. The Morgan fingerprint density at radius 3 is 2.00 bits per heavy atom. The summed E-state index contributed by atoms with van der Waals surface area (Å²) in [4.78, 5) is 0. The van der Waals surface area contributed by atoms with Gasteiger partial charge in [-0.2, -0.15) is 5.26 Å². The Hall–Kier alpha value is -2.34. The van der Waals surface area contributed by atoms with E-state index in [0.717, 1.165) is 11.1 Å². The highest BCUT2D eigenvalue weighted by Gasteiger charge is 2.19. The number of nitrogens with zero attached hydrogens (tertiary/aromatic N) is 1. The molecule has 0 unspecified atom stereocenters. The minimum Gasteiger partial charge on any atom is -0.487 e. The highest BCUT2D eigenvalue weighted by molar-refractivity contribution is 5.68. The number of hydrogen-bond donors (Lipinski definition) is 0. The molecule has 0 fully saturated rings. The highest BCUT2D eigenvalue weighted by Crippen LogP contribution is 2.32. The molecule has 0 spiro atoms. The summed E-state index contributed by atoms with van der Waals surface area (Å²) >= 11 is 0. The van der Waals surface area contributed by atoms with E-state index in [9.17, 15) is 9.65 Å². The Kier molecular flexibility index (Phi) is 4.71. The molecule has 0 heterocycles. The second kappa shape index (κ2) is 6.28. The molecule has 0 aliphatic rings. The lowest BCUT2D eigenvalue weighted by Crippen LogP contribution is -2.23. The Labute approximate surface area is 143 Å². The highest BCUT2D eigenvalue weighted by atomic mass is 19.1. The maximum atomic E-state index is 14.4. The first kappa shape index (κ1) is 18.0. The molecule has 0 aromatic heterocycles. The van der Waals surface area contributed by atoms with Crippen LogP contribution in [0.15, 0.2) is 36.4 Å². The number of hydrogen-bond acceptors (Lipinski definition) is 2. The van der Waals surface area contributed by atoms with Crippen molar-refractivity contribution in [1.29, 1.82) is 5.26 Å². The predicted octanol–water partition coefficient (Wildman–Crippen LogP) is 5.84. The van der Waals surface area contributed by atoms with Gasteiger partial charge in [-0.25, -0.2) is 4.39 Å². The first-order chi connectivity index (χ1) is 11.0. The average Bonchev–Trinajstić information content (AvgIpc) is 2.44. The Morgan fingerprint density at radius 2 is 1.50 bits per heavy atom. The summed E-state index contributed by atoms with van der Waals surface area (Å²) < 4.78 is 20.2. The van der Waals surface area contributed by atoms with E-state index in [-0.39, 0.29) is 16.8 Å². The molecule has 2 rings (SSSR count). The van der Waals surface area contributed by atoms with Crippen molar-refractivity contribution in [3.63, 3.8) is 0 Å². The lowest BCUT2D eigenvalue weighted by molar-refractivity contribution is 0.130. The summed E-state index contributed by atoms with van der Waals surface area (Å²) in [6.07, 6.45) is 0. The molecule has 24 heavy (non-hydrogen) atoms. The topological polar surface area (TPSA) is 33.0 Å². The second-order valence-electron chi connectivity index (χ2n) is 7.98. The molecule has 3 heteroatoms. The number of halogens is 1. The summed E-state index contributed by atoms with van der Waals surface area (Å²) in [6, 6.07) is 12.8. The van der Waals surface area contributed by atoms with Crippen LogP contribution in [0.25, 0.3) is 11.1 Å². The van der Waals surface area contributed by atoms with Crippen molar-refractivity contribution in [2.45, 2.75) is 52.6 Å². The van der Waals surface area contributed by atoms with Crippen molar-refractivity contribution in [2.75, 3.05) is 0 Å². The Balaban J connectivity index is 2.44. The van der Waals surface area contributed by atoms with E-state index in [1.54, 1.807) is 12.1 Å². The molecule has 0 aliphatic carbocycles. The molecule has 0 amide bonds. The molecular weight excluding hydrogens is 301 g/mol. The predicted molar refractivity (Wildman–Crippen MR) is 95.6 cm³/mol. The molecule has 126 valence electrons. The smallest absolute Gasteiger partial charge is 0.137 e. The molecule has 0 aliphatic heterocycles. The fraction of sp³-hybridized carbons (Fsp3) is 0.381. The molecule has 0 atom stereocenters. The van der Waals surface area contributed by atoms with Crippen LogP contribution in [0, 0.1) is 17.1 Å². The van der Waals surface area contributed by atoms with Crippen LogP contribution in [0.4, 0.5) is 4.39 Å². The van der Waals surface area contributed by atoms with Crippen LogP contribution in [-0.2, 0) is 5.41 Å². The zero-order valence-electron chi connectivity index (χ0n) is 15.2. The zero-order valence-corrected chi connectivity index (χ0v) is 15.2. The average molecular weight is 325 g/mol. The van der Waals surface area contributed by atoms with E-state index >= 15 is 0 Å². The van der Waals surface area contributed by atoms with Crippen LogP contribution in [0.3, 0.4) is 0 Å². The third-order valence-corrected chi connectivity index (χ3v) is 3.63. The van der Waals surface area contributed by atoms with Crippen molar-refractivity contribution in [3.05, 3.63) is 53.3 Å². The lowest BCUT2D eigenvalue weighted by atomic mass is 9.85. The zero-order chi connectivity index (χ0) is 18.1. The quantitative estimate of drug-likeness (QED) is 0.695. The van der Waals surface area contributed by atoms with Crippen LogP contribution < -0.4 is 4.74 Å². The van der Waals surface area contributed by atoms with Gasteiger partial charge in [0.1, 0.15) is 23.2 Å². The van der Waals surface area contributed by atoms with Gasteiger partial charge < -0.3 is 4.74 Å². The number of nitriles is 1. The van der Waals surface area contributed by atoms with E-state index < -0.39 is 0 Å². The maximum Gasteiger partial charge on any atom is 0.137 e. The third-order valence-electron chi connectivity index (χ3n) is 3.63. The summed E-state index contributed by atoms with van der Waals surface area (Å²) in [6.45, 7) is 11.8. The molecule has 2 nitrogen and oxygen atoms in total. The SMILES string of the molecule is CC(C)(C)Oc1ccc(-c2ccc(C(C)(C)C)c(F)c2)cc1C#N. The summed E-state index contributed by atoms with van der Waals surface area (Å²) in [5.41, 5.74) is 2.05. The van der Waals surface area contributed by atoms with Crippen molar-refractivity contribution in [2.24, 2.45) is 0 Å². The fourth-order valence-corrected chi connectivity index (χ4v) is 2.52. The summed E-state index contributed by atoms with van der Waals surface area (Å²) in [5.74, 6) is 0.314. The normalized spacial score (nSPS) is 11.9. The number of ether oxygens (including phenoxy) is 1. The molecule has 0 saturated heterocycles. The standard InChI is InChI=1S/C21H24FNO/c1-20(2,3)17-9-7-15(12-18(17)22)14-8-10-19(16(11-14)13-23)24-21(4,5)6/h7-12H,1-6H3. The van der Waals surface area contributed by atoms with Gasteiger partial charge in [-0.15, -0.1) is 0 Å². The Morgan fingerprint density at radius 1 is 0.917 bits per heavy atom. The molecule has 2 aromatic rings. The van der Waals surface area contributed by atoms with Crippen LogP contribution >= 0.6 is 0 Å². The number of rotatable bonds is 2. The summed E-state index contributed by atoms with van der Waals surface area (Å²) in [7, 11) is 0. The van der Waals surface area contributed by atoms with Gasteiger partial charge in [0.25, 0.3) is 0 Å². The lowest BCUT2D eigenvalue weighted by Gasteiger charge is -2.22. The van der Waals surface area contributed by atoms with E-state index in [2.05, 4.69) is 6.07 Å². The van der Waals surface area contributed by atoms with Crippen molar-refractivity contribution < 1.29 is 9.13 Å². The molecular formula is C21H24FNO. The van der Waals surface area contributed by atoms with Crippen LogP contribution in [0.2, 0.25) is 0 Å². The minimum absolute atomic E-state index is 0.228. The van der Waals surface area contributed by atoms with Gasteiger partial charge in [0.15, 0.2) is 0 Å². The fourth-order valence-electron chi connectivity index (χ4n) is 2.52. The molecule has 0 N–H and O–H groups in total. The number of benzene rings is 2. The minimum atomic E-state index is -0.381. The Bertz CT molecular complexity index is 789. The van der Waals surface area contributed by atoms with Gasteiger partial charge in [-0.3, -0.25) is 0 Å². The first-order valence-corrected chi connectivity index (χ1v) is 8.05. The van der Waals surface area contributed by atoms with Crippen molar-refractivity contribution in [1.82, 2.24) is 0 Å². The second-order valence-corrected chi connectivity index (χ2v) is 7.98. The third kappa shape index (κ3) is 4.14. The van der Waals surface area contributed by atoms with E-state index in [0.29, 0.717) is 16.9 Å². The van der Waals surface area contributed by atoms with Gasteiger partial charge in [-0.05, 0) is 61.1 Å². The van der Waals surface area contributed by atoms with Crippen LogP contribution in [-0.4, -0.2) is 5.60 Å². The van der Waals surface area contributed by atoms with Gasteiger partial charge in [0.05, 0.1) is 5.56 Å². The van der Waals surface area contributed by atoms with E-state index in [1.807, 2.05) is 59.7 Å². The van der Waals surface area contributed by atoms with Crippen molar-refractivity contribution in [3.8, 4) is 22.9 Å². The van der Waals surface area contributed by atoms with Gasteiger partial charge in [-0.1, -0.05) is 39.0 Å². The van der Waals surface area contributed by atoms with Gasteiger partial charge in [0, 0.05) is 0 Å². The van der Waals surface area contributed by atoms with Crippen LogP contribution in [0.1, 0.15) is 52.7 Å². The molecule has 0 radical (unpaired) electrons. The molecule has 0 bridgehead atoms. The summed E-state index contributed by atoms with van der Waals surface area (Å²) in [5, 5.41) is 9.39. The monoisotopic (exact) mass is 325 g/mol. The molecule has 0 saturated carbocycles. The van der Waals surface area contributed by atoms with Crippen LogP contribution in [0.5, 0.6) is 5.75 Å². The van der Waals surface area contributed by atoms with E-state index in [4.69, 9.17) is 4.74 Å². The first-order valence-electron chi connectivity index (χ1n) is 8.05. The molecule has 2 aromatic carbocycles. The maximum absolute atomic E-state index is 14.4. The van der Waals surface area contributed by atoms with Crippen molar-refractivity contribution >= 4 is 0 Å². The van der Waals surface area contributed by atoms with Gasteiger partial charge >= 0.3 is 0 Å². The van der Waals surface area contributed by atoms with Gasteiger partial charge in [0.2, 0.25) is 0 Å².